The number of nitrogens with zero attached hydrogens (tertiary/aromatic N) is 1. The highest BCUT2D eigenvalue weighted by Gasteiger charge is 2.67. The highest BCUT2D eigenvalue weighted by atomic mass is 35.5. The second kappa shape index (κ2) is 5.83. The summed E-state index contributed by atoms with van der Waals surface area (Å²) in [4.78, 5) is 22.9. The van der Waals surface area contributed by atoms with Crippen LogP contribution in [0.3, 0.4) is 0 Å². The van der Waals surface area contributed by atoms with E-state index in [2.05, 4.69) is 5.32 Å². The van der Waals surface area contributed by atoms with Crippen molar-refractivity contribution in [1.29, 1.82) is 0 Å². The van der Waals surface area contributed by atoms with E-state index in [1.54, 1.807) is 6.07 Å². The van der Waals surface area contributed by atoms with Crippen LogP contribution in [0.4, 0.5) is 11.4 Å². The van der Waals surface area contributed by atoms with E-state index in [-0.39, 0.29) is 17.3 Å². The van der Waals surface area contributed by atoms with Gasteiger partial charge in [-0.25, -0.2) is 0 Å². The number of anilines is 1. The van der Waals surface area contributed by atoms with E-state index in [4.69, 9.17) is 23.2 Å². The molecule has 0 aliphatic heterocycles. The summed E-state index contributed by atoms with van der Waals surface area (Å²) in [6, 6.07) is 15.2. The maximum Gasteiger partial charge on any atom is 0.292 e. The summed E-state index contributed by atoms with van der Waals surface area (Å²) >= 11 is 12.5. The highest BCUT2D eigenvalue weighted by molar-refractivity contribution is 6.53. The maximum absolute atomic E-state index is 12.4. The second-order valence-electron chi connectivity index (χ2n) is 5.30. The van der Waals surface area contributed by atoms with Gasteiger partial charge in [-0.3, -0.25) is 14.9 Å². The smallest absolute Gasteiger partial charge is 0.292 e. The summed E-state index contributed by atoms with van der Waals surface area (Å²) in [5.41, 5.74) is 0.818. The van der Waals surface area contributed by atoms with Gasteiger partial charge < -0.3 is 5.32 Å². The first-order valence-corrected chi connectivity index (χ1v) is 7.65. The predicted molar refractivity (Wildman–Crippen MR) is 88.8 cm³/mol. The number of halogens is 2. The molecule has 5 nitrogen and oxygen atoms in total. The van der Waals surface area contributed by atoms with Crippen LogP contribution in [0.5, 0.6) is 0 Å². The monoisotopic (exact) mass is 350 g/mol. The average Bonchev–Trinajstić information content (AvgIpc) is 3.11. The molecule has 2 aromatic rings. The summed E-state index contributed by atoms with van der Waals surface area (Å²) < 4.78 is -1.21. The lowest BCUT2D eigenvalue weighted by atomic mass is 10.1. The van der Waals surface area contributed by atoms with Gasteiger partial charge in [-0.15, -0.1) is 23.2 Å². The lowest BCUT2D eigenvalue weighted by Crippen LogP contribution is -2.17. The number of carbonyl (C=O) groups excluding carboxylic acids is 1. The SMILES string of the molecule is O=C(Nc1ccccc1[N+](=O)[O-])[C@@H]1[C@H](c2ccccc2)C1(Cl)Cl. The zero-order chi connectivity index (χ0) is 16.6. The minimum atomic E-state index is -1.21. The number of hydrogen-bond donors (Lipinski definition) is 1. The van der Waals surface area contributed by atoms with E-state index < -0.39 is 21.1 Å². The number of hydrogen-bond acceptors (Lipinski definition) is 3. The molecule has 1 amide bonds. The Hall–Kier alpha value is -2.11. The summed E-state index contributed by atoms with van der Waals surface area (Å²) in [6.45, 7) is 0. The van der Waals surface area contributed by atoms with Crippen LogP contribution in [0.15, 0.2) is 54.6 Å². The van der Waals surface area contributed by atoms with Crippen LogP contribution >= 0.6 is 23.2 Å². The van der Waals surface area contributed by atoms with Crippen molar-refractivity contribution in [3.63, 3.8) is 0 Å². The van der Waals surface area contributed by atoms with Gasteiger partial charge >= 0.3 is 0 Å². The topological polar surface area (TPSA) is 72.2 Å². The number of amides is 1. The van der Waals surface area contributed by atoms with E-state index in [0.29, 0.717) is 0 Å². The molecule has 1 N–H and O–H groups in total. The third-order valence-electron chi connectivity index (χ3n) is 3.85. The van der Waals surface area contributed by atoms with Gasteiger partial charge in [0, 0.05) is 12.0 Å². The van der Waals surface area contributed by atoms with Crippen LogP contribution in [0.25, 0.3) is 0 Å². The Kier molecular flexibility index (Phi) is 4.00. The molecule has 0 aromatic heterocycles. The number of rotatable bonds is 4. The molecule has 7 heteroatoms. The van der Waals surface area contributed by atoms with Crippen molar-refractivity contribution < 1.29 is 9.72 Å². The predicted octanol–water partition coefficient (Wildman–Crippen LogP) is 4.12. The Morgan fingerprint density at radius 3 is 2.35 bits per heavy atom. The number of nitrogens with one attached hydrogen (secondary N) is 1. The molecule has 1 aliphatic carbocycles. The molecule has 1 aliphatic rings. The molecule has 0 saturated heterocycles. The lowest BCUT2D eigenvalue weighted by molar-refractivity contribution is -0.383. The molecule has 1 fully saturated rings. The molecule has 0 radical (unpaired) electrons. The Balaban J connectivity index is 1.81. The van der Waals surface area contributed by atoms with Crippen molar-refractivity contribution in [2.24, 2.45) is 5.92 Å². The zero-order valence-corrected chi connectivity index (χ0v) is 13.3. The van der Waals surface area contributed by atoms with Crippen molar-refractivity contribution in [2.75, 3.05) is 5.32 Å². The van der Waals surface area contributed by atoms with E-state index >= 15 is 0 Å². The second-order valence-corrected chi connectivity index (χ2v) is 6.75. The fraction of sp³-hybridized carbons (Fsp3) is 0.188. The minimum absolute atomic E-state index is 0.130. The highest BCUT2D eigenvalue weighted by Crippen LogP contribution is 2.65. The number of carbonyl (C=O) groups is 1. The maximum atomic E-state index is 12.4. The van der Waals surface area contributed by atoms with Crippen molar-refractivity contribution in [2.45, 2.75) is 10.3 Å². The number of benzene rings is 2. The number of para-hydroxylation sites is 2. The van der Waals surface area contributed by atoms with Gasteiger partial charge in [0.1, 0.15) is 10.0 Å². The first-order valence-electron chi connectivity index (χ1n) is 6.90. The van der Waals surface area contributed by atoms with Crippen LogP contribution in [-0.2, 0) is 4.79 Å². The Labute approximate surface area is 142 Å². The fourth-order valence-electron chi connectivity index (χ4n) is 2.68. The van der Waals surface area contributed by atoms with Crippen LogP contribution in [0.1, 0.15) is 11.5 Å². The molecule has 2 aromatic carbocycles. The van der Waals surface area contributed by atoms with Crippen LogP contribution in [-0.4, -0.2) is 15.2 Å². The normalized spacial score (nSPS) is 21.5. The van der Waals surface area contributed by atoms with E-state index in [0.717, 1.165) is 5.56 Å². The molecule has 3 rings (SSSR count). The number of nitro benzene ring substituents is 1. The molecule has 118 valence electrons. The third-order valence-corrected chi connectivity index (χ3v) is 4.79. The summed E-state index contributed by atoms with van der Waals surface area (Å²) in [5, 5.41) is 13.6. The standard InChI is InChI=1S/C16H12Cl2N2O3/c17-16(18)13(10-6-2-1-3-7-10)14(16)15(21)19-11-8-4-5-9-12(11)20(22)23/h1-9,13-14H,(H,19,21)/t13-,14-/m0/s1. The molecule has 0 heterocycles. The van der Waals surface area contributed by atoms with Gasteiger partial charge in [-0.2, -0.15) is 0 Å². The molecular weight excluding hydrogens is 339 g/mol. The molecule has 0 spiro atoms. The first-order chi connectivity index (χ1) is 10.9. The van der Waals surface area contributed by atoms with Crippen molar-refractivity contribution in [3.05, 3.63) is 70.3 Å². The largest absolute Gasteiger partial charge is 0.320 e. The molecule has 2 atom stereocenters. The lowest BCUT2D eigenvalue weighted by Gasteiger charge is -2.05. The fourth-order valence-corrected chi connectivity index (χ4v) is 3.51. The van der Waals surface area contributed by atoms with Crippen LogP contribution in [0, 0.1) is 16.0 Å². The molecule has 0 unspecified atom stereocenters. The average molecular weight is 351 g/mol. The van der Waals surface area contributed by atoms with Crippen LogP contribution < -0.4 is 5.32 Å². The van der Waals surface area contributed by atoms with Gasteiger partial charge in [-0.1, -0.05) is 42.5 Å². The quantitative estimate of drug-likeness (QED) is 0.512. The zero-order valence-electron chi connectivity index (χ0n) is 11.8. The van der Waals surface area contributed by atoms with Gasteiger partial charge in [0.2, 0.25) is 5.91 Å². The molecule has 1 saturated carbocycles. The van der Waals surface area contributed by atoms with E-state index in [1.807, 2.05) is 30.3 Å². The summed E-state index contributed by atoms with van der Waals surface area (Å²) in [5.74, 6) is -1.43. The number of alkyl halides is 2. The summed E-state index contributed by atoms with van der Waals surface area (Å²) in [7, 11) is 0. The van der Waals surface area contributed by atoms with Gasteiger partial charge in [0.25, 0.3) is 5.69 Å². The van der Waals surface area contributed by atoms with E-state index in [9.17, 15) is 14.9 Å². The van der Waals surface area contributed by atoms with E-state index in [1.165, 1.54) is 18.2 Å². The Bertz CT molecular complexity index is 765. The minimum Gasteiger partial charge on any atom is -0.320 e. The summed E-state index contributed by atoms with van der Waals surface area (Å²) in [6.07, 6.45) is 0. The van der Waals surface area contributed by atoms with Crippen molar-refractivity contribution in [1.82, 2.24) is 0 Å². The molecule has 0 bridgehead atoms. The van der Waals surface area contributed by atoms with Gasteiger partial charge in [0.05, 0.1) is 10.8 Å². The van der Waals surface area contributed by atoms with Crippen LogP contribution in [0.2, 0.25) is 0 Å². The first kappa shape index (κ1) is 15.8. The van der Waals surface area contributed by atoms with Crippen molar-refractivity contribution >= 4 is 40.5 Å². The van der Waals surface area contributed by atoms with Gasteiger partial charge in [0.15, 0.2) is 0 Å². The number of nitro groups is 1. The third kappa shape index (κ3) is 2.90. The molecular formula is C16H12Cl2N2O3. The Morgan fingerprint density at radius 1 is 1.09 bits per heavy atom. The Morgan fingerprint density at radius 2 is 1.70 bits per heavy atom. The molecule has 23 heavy (non-hydrogen) atoms. The van der Waals surface area contributed by atoms with Gasteiger partial charge in [-0.05, 0) is 11.6 Å². The van der Waals surface area contributed by atoms with Crippen molar-refractivity contribution in [3.8, 4) is 0 Å².